The highest BCUT2D eigenvalue weighted by Gasteiger charge is 2.09. The third-order valence-electron chi connectivity index (χ3n) is 3.18. The highest BCUT2D eigenvalue weighted by atomic mass is 32.2. The molecule has 1 amide bonds. The Bertz CT molecular complexity index is 582. The number of anilines is 2. The Kier molecular flexibility index (Phi) is 5.83. The largest absolute Gasteiger partial charge is 0.369 e. The van der Waals surface area contributed by atoms with Gasteiger partial charge in [0.15, 0.2) is 5.16 Å². The van der Waals surface area contributed by atoms with Gasteiger partial charge >= 0.3 is 0 Å². The lowest BCUT2D eigenvalue weighted by molar-refractivity contribution is -0.113. The van der Waals surface area contributed by atoms with Gasteiger partial charge in [-0.05, 0) is 45.0 Å². The van der Waals surface area contributed by atoms with Gasteiger partial charge in [0.2, 0.25) is 5.91 Å². The topological polar surface area (TPSA) is 73.9 Å². The van der Waals surface area contributed by atoms with Crippen molar-refractivity contribution in [2.75, 3.05) is 22.5 Å². The van der Waals surface area contributed by atoms with Gasteiger partial charge in [-0.3, -0.25) is 9.89 Å². The molecule has 0 atom stereocenters. The number of hydrogen-bond donors (Lipinski definition) is 2. The van der Waals surface area contributed by atoms with Gasteiger partial charge in [-0.15, -0.1) is 0 Å². The van der Waals surface area contributed by atoms with Crippen molar-refractivity contribution in [2.45, 2.75) is 32.0 Å². The minimum absolute atomic E-state index is 0.0645. The minimum Gasteiger partial charge on any atom is -0.369 e. The molecular formula is C15H21N5OS. The molecule has 0 radical (unpaired) electrons. The van der Waals surface area contributed by atoms with Crippen molar-refractivity contribution >= 4 is 29.0 Å². The summed E-state index contributed by atoms with van der Waals surface area (Å²) < 4.78 is 0. The van der Waals surface area contributed by atoms with E-state index in [-0.39, 0.29) is 5.91 Å². The van der Waals surface area contributed by atoms with E-state index in [1.807, 2.05) is 24.3 Å². The van der Waals surface area contributed by atoms with Crippen molar-refractivity contribution in [1.29, 1.82) is 0 Å². The van der Waals surface area contributed by atoms with Crippen LogP contribution in [0.15, 0.2) is 35.7 Å². The summed E-state index contributed by atoms with van der Waals surface area (Å²) in [6.45, 7) is 7.42. The molecule has 0 spiro atoms. The number of carbonyl (C=O) groups excluding carboxylic acids is 1. The number of aromatic amines is 1. The Labute approximate surface area is 134 Å². The van der Waals surface area contributed by atoms with Crippen molar-refractivity contribution in [2.24, 2.45) is 0 Å². The lowest BCUT2D eigenvalue weighted by atomic mass is 10.2. The number of carbonyl (C=O) groups is 1. The van der Waals surface area contributed by atoms with Crippen LogP contribution in [0.3, 0.4) is 0 Å². The van der Waals surface area contributed by atoms with E-state index in [0.717, 1.165) is 17.9 Å². The number of rotatable bonds is 7. The first-order valence-electron chi connectivity index (χ1n) is 7.25. The van der Waals surface area contributed by atoms with Crippen LogP contribution in [-0.4, -0.2) is 39.4 Å². The fourth-order valence-electron chi connectivity index (χ4n) is 2.18. The fourth-order valence-corrected chi connectivity index (χ4v) is 2.76. The number of nitrogens with zero attached hydrogens (tertiary/aromatic N) is 3. The standard InChI is InChI=1S/C15H21N5OS/c1-4-20(11(2)3)13-7-5-12(6-8-13)18-14(21)9-22-15-16-10-17-19-15/h5-8,10-11H,4,9H2,1-3H3,(H,18,21)(H,16,17,19). The molecule has 2 N–H and O–H groups in total. The Morgan fingerprint density at radius 3 is 2.64 bits per heavy atom. The number of hydrogen-bond acceptors (Lipinski definition) is 5. The van der Waals surface area contributed by atoms with Crippen LogP contribution in [-0.2, 0) is 4.79 Å². The molecule has 1 aromatic carbocycles. The van der Waals surface area contributed by atoms with Crippen molar-refractivity contribution in [1.82, 2.24) is 15.2 Å². The van der Waals surface area contributed by atoms with Gasteiger partial charge in [0.25, 0.3) is 0 Å². The van der Waals surface area contributed by atoms with Crippen molar-refractivity contribution in [3.63, 3.8) is 0 Å². The van der Waals surface area contributed by atoms with Crippen molar-refractivity contribution in [3.05, 3.63) is 30.6 Å². The maximum Gasteiger partial charge on any atom is 0.234 e. The smallest absolute Gasteiger partial charge is 0.234 e. The molecule has 7 heteroatoms. The number of nitrogens with one attached hydrogen (secondary N) is 2. The zero-order valence-electron chi connectivity index (χ0n) is 13.0. The number of thioether (sulfide) groups is 1. The van der Waals surface area contributed by atoms with Crippen LogP contribution in [0.2, 0.25) is 0 Å². The first-order chi connectivity index (χ1) is 10.6. The third-order valence-corrected chi connectivity index (χ3v) is 4.06. The van der Waals surface area contributed by atoms with Crippen LogP contribution in [0.1, 0.15) is 20.8 Å². The van der Waals surface area contributed by atoms with Crippen molar-refractivity contribution < 1.29 is 4.79 Å². The SMILES string of the molecule is CCN(c1ccc(NC(=O)CSc2ncn[nH]2)cc1)C(C)C. The maximum atomic E-state index is 11.9. The van der Waals surface area contributed by atoms with Gasteiger partial charge < -0.3 is 10.2 Å². The van der Waals surface area contributed by atoms with Crippen LogP contribution >= 0.6 is 11.8 Å². The van der Waals surface area contributed by atoms with E-state index in [1.165, 1.54) is 18.1 Å². The van der Waals surface area contributed by atoms with Gasteiger partial charge in [0.1, 0.15) is 6.33 Å². The number of benzene rings is 1. The zero-order chi connectivity index (χ0) is 15.9. The zero-order valence-corrected chi connectivity index (χ0v) is 13.9. The molecule has 1 aromatic heterocycles. The van der Waals surface area contributed by atoms with E-state index >= 15 is 0 Å². The maximum absolute atomic E-state index is 11.9. The molecule has 0 saturated heterocycles. The van der Waals surface area contributed by atoms with Crippen LogP contribution in [0.5, 0.6) is 0 Å². The Morgan fingerprint density at radius 2 is 2.09 bits per heavy atom. The second-order valence-electron chi connectivity index (χ2n) is 5.05. The van der Waals surface area contributed by atoms with Crippen LogP contribution < -0.4 is 10.2 Å². The van der Waals surface area contributed by atoms with E-state index < -0.39 is 0 Å². The molecule has 0 saturated carbocycles. The van der Waals surface area contributed by atoms with Gasteiger partial charge in [0, 0.05) is 24.0 Å². The van der Waals surface area contributed by atoms with E-state index in [4.69, 9.17) is 0 Å². The molecule has 2 aromatic rings. The molecule has 0 bridgehead atoms. The average molecular weight is 319 g/mol. The monoisotopic (exact) mass is 319 g/mol. The summed E-state index contributed by atoms with van der Waals surface area (Å²) in [7, 11) is 0. The summed E-state index contributed by atoms with van der Waals surface area (Å²) >= 11 is 1.32. The van der Waals surface area contributed by atoms with Crippen LogP contribution in [0.25, 0.3) is 0 Å². The summed E-state index contributed by atoms with van der Waals surface area (Å²) in [4.78, 5) is 18.1. The molecule has 0 aliphatic rings. The van der Waals surface area contributed by atoms with Gasteiger partial charge in [-0.2, -0.15) is 5.10 Å². The predicted octanol–water partition coefficient (Wildman–Crippen LogP) is 2.77. The Balaban J connectivity index is 1.89. The lowest BCUT2D eigenvalue weighted by Crippen LogP contribution is -2.30. The Morgan fingerprint density at radius 1 is 1.36 bits per heavy atom. The van der Waals surface area contributed by atoms with Crippen molar-refractivity contribution in [3.8, 4) is 0 Å². The summed E-state index contributed by atoms with van der Waals surface area (Å²) in [6.07, 6.45) is 1.42. The molecule has 0 aliphatic heterocycles. The van der Waals surface area contributed by atoms with E-state index in [0.29, 0.717) is 17.0 Å². The average Bonchev–Trinajstić information content (AvgIpc) is 3.01. The molecular weight excluding hydrogens is 298 g/mol. The third kappa shape index (κ3) is 4.49. The van der Waals surface area contributed by atoms with E-state index in [2.05, 4.69) is 46.2 Å². The molecule has 6 nitrogen and oxygen atoms in total. The minimum atomic E-state index is -0.0645. The summed E-state index contributed by atoms with van der Waals surface area (Å²) in [5, 5.41) is 9.97. The molecule has 0 fully saturated rings. The van der Waals surface area contributed by atoms with Crippen LogP contribution in [0, 0.1) is 0 Å². The van der Waals surface area contributed by atoms with E-state index in [9.17, 15) is 4.79 Å². The normalized spacial score (nSPS) is 10.7. The van der Waals surface area contributed by atoms with Gasteiger partial charge in [-0.25, -0.2) is 4.98 Å². The first kappa shape index (κ1) is 16.4. The Hall–Kier alpha value is -2.02. The molecule has 22 heavy (non-hydrogen) atoms. The quantitative estimate of drug-likeness (QED) is 0.768. The summed E-state index contributed by atoms with van der Waals surface area (Å²) in [5.41, 5.74) is 1.96. The second kappa shape index (κ2) is 7.84. The molecule has 2 rings (SSSR count). The second-order valence-corrected chi connectivity index (χ2v) is 6.02. The van der Waals surface area contributed by atoms with Gasteiger partial charge in [0.05, 0.1) is 5.75 Å². The number of amides is 1. The molecule has 0 unspecified atom stereocenters. The first-order valence-corrected chi connectivity index (χ1v) is 8.23. The highest BCUT2D eigenvalue weighted by molar-refractivity contribution is 7.99. The summed E-state index contributed by atoms with van der Waals surface area (Å²) in [5.74, 6) is 0.231. The number of H-pyrrole nitrogens is 1. The molecule has 1 heterocycles. The number of aromatic nitrogens is 3. The lowest BCUT2D eigenvalue weighted by Gasteiger charge is -2.27. The summed E-state index contributed by atoms with van der Waals surface area (Å²) in [6, 6.07) is 8.36. The van der Waals surface area contributed by atoms with Gasteiger partial charge in [-0.1, -0.05) is 11.8 Å². The van der Waals surface area contributed by atoms with Crippen LogP contribution in [0.4, 0.5) is 11.4 Å². The predicted molar refractivity (Wildman–Crippen MR) is 90.3 cm³/mol. The fraction of sp³-hybridized carbons (Fsp3) is 0.400. The van der Waals surface area contributed by atoms with E-state index in [1.54, 1.807) is 0 Å². The molecule has 0 aliphatic carbocycles. The molecule has 118 valence electrons. The highest BCUT2D eigenvalue weighted by Crippen LogP contribution is 2.20.